The van der Waals surface area contributed by atoms with Gasteiger partial charge in [0.15, 0.2) is 4.96 Å². The minimum Gasteiger partial charge on any atom is -0.267 e. The molecule has 2 heterocycles. The van der Waals surface area contributed by atoms with E-state index in [1.165, 1.54) is 16.9 Å². The lowest BCUT2D eigenvalue weighted by Crippen LogP contribution is -2.23. The van der Waals surface area contributed by atoms with Crippen LogP contribution in [0.5, 0.6) is 0 Å². The Morgan fingerprint density at radius 1 is 0.828 bits per heavy atom. The molecule has 5 rings (SSSR count). The highest BCUT2D eigenvalue weighted by atomic mass is 32.1. The van der Waals surface area contributed by atoms with Gasteiger partial charge >= 0.3 is 0 Å². The number of aryl methyl sites for hydroxylation is 1. The van der Waals surface area contributed by atoms with E-state index in [1.54, 1.807) is 4.40 Å². The van der Waals surface area contributed by atoms with E-state index in [9.17, 15) is 4.79 Å². The van der Waals surface area contributed by atoms with E-state index in [-0.39, 0.29) is 5.56 Å². The van der Waals surface area contributed by atoms with Crippen molar-refractivity contribution >= 4 is 22.4 Å². The lowest BCUT2D eigenvalue weighted by atomic mass is 10.1. The number of fused-ring (bicyclic) bond motifs is 1. The van der Waals surface area contributed by atoms with Crippen LogP contribution in [-0.4, -0.2) is 9.38 Å². The maximum absolute atomic E-state index is 13.3. The molecule has 0 fully saturated rings. The van der Waals surface area contributed by atoms with Gasteiger partial charge in [0.05, 0.1) is 15.9 Å². The molecule has 0 bridgehead atoms. The number of hydrogen-bond acceptors (Lipinski definition) is 3. The van der Waals surface area contributed by atoms with Crippen molar-refractivity contribution in [1.29, 1.82) is 0 Å². The number of benzene rings is 3. The SMILES string of the molecule is Cc1ccc(C=c2sc3nc(-c4ccccc4)c(-c4ccccc4)n3c2=O)cc1. The average molecular weight is 394 g/mol. The number of aromatic nitrogens is 2. The molecule has 0 aliphatic carbocycles. The monoisotopic (exact) mass is 394 g/mol. The number of rotatable bonds is 3. The molecular formula is C25H18N2OS. The first kappa shape index (κ1) is 17.6. The Morgan fingerprint density at radius 2 is 1.45 bits per heavy atom. The topological polar surface area (TPSA) is 34.4 Å². The zero-order chi connectivity index (χ0) is 19.8. The molecular weight excluding hydrogens is 376 g/mol. The molecule has 0 saturated heterocycles. The lowest BCUT2D eigenvalue weighted by Gasteiger charge is -2.04. The summed E-state index contributed by atoms with van der Waals surface area (Å²) < 4.78 is 2.44. The molecule has 0 aliphatic heterocycles. The summed E-state index contributed by atoms with van der Waals surface area (Å²) in [5.74, 6) is 0. The molecule has 3 nitrogen and oxygen atoms in total. The quantitative estimate of drug-likeness (QED) is 0.434. The van der Waals surface area contributed by atoms with Gasteiger partial charge in [-0.3, -0.25) is 4.79 Å². The Morgan fingerprint density at radius 3 is 2.10 bits per heavy atom. The van der Waals surface area contributed by atoms with E-state index in [4.69, 9.17) is 4.98 Å². The second-order valence-corrected chi connectivity index (χ2v) is 7.99. The predicted octanol–water partition coefficient (Wildman–Crippen LogP) is 4.95. The molecule has 0 atom stereocenters. The van der Waals surface area contributed by atoms with Crippen LogP contribution in [0.4, 0.5) is 0 Å². The Kier molecular flexibility index (Phi) is 4.34. The van der Waals surface area contributed by atoms with E-state index >= 15 is 0 Å². The molecule has 3 aromatic carbocycles. The summed E-state index contributed by atoms with van der Waals surface area (Å²) in [6.07, 6.45) is 1.94. The van der Waals surface area contributed by atoms with Gasteiger partial charge in [-0.2, -0.15) is 0 Å². The number of thiazole rings is 1. The minimum absolute atomic E-state index is 0.0286. The third-order valence-corrected chi connectivity index (χ3v) is 5.90. The van der Waals surface area contributed by atoms with E-state index in [0.717, 1.165) is 28.1 Å². The van der Waals surface area contributed by atoms with Crippen LogP contribution in [0.15, 0.2) is 89.7 Å². The molecule has 0 unspecified atom stereocenters. The molecule has 0 aliphatic rings. The Hall–Kier alpha value is -3.50. The normalized spacial score (nSPS) is 12.0. The third-order valence-electron chi connectivity index (χ3n) is 4.93. The van der Waals surface area contributed by atoms with Crippen LogP contribution in [-0.2, 0) is 0 Å². The molecule has 140 valence electrons. The first-order valence-electron chi connectivity index (χ1n) is 9.45. The molecule has 0 N–H and O–H groups in total. The van der Waals surface area contributed by atoms with Gasteiger partial charge in [-0.05, 0) is 18.6 Å². The molecule has 2 aromatic heterocycles. The first-order chi connectivity index (χ1) is 14.2. The van der Waals surface area contributed by atoms with Crippen LogP contribution in [0.25, 0.3) is 33.6 Å². The largest absolute Gasteiger partial charge is 0.274 e. The standard InChI is InChI=1S/C25H18N2OS/c1-17-12-14-18(15-13-17)16-21-24(28)27-23(20-10-6-3-7-11-20)22(26-25(27)29-21)19-8-4-2-5-9-19/h2-16H,1H3. The Labute approximate surface area is 172 Å². The van der Waals surface area contributed by atoms with E-state index in [2.05, 4.69) is 19.1 Å². The van der Waals surface area contributed by atoms with Crippen molar-refractivity contribution in [2.45, 2.75) is 6.92 Å². The zero-order valence-electron chi connectivity index (χ0n) is 15.9. The maximum atomic E-state index is 13.3. The van der Waals surface area contributed by atoms with Crippen molar-refractivity contribution in [3.05, 3.63) is 111 Å². The van der Waals surface area contributed by atoms with Gasteiger partial charge in [-0.1, -0.05) is 102 Å². The third kappa shape index (κ3) is 3.18. The van der Waals surface area contributed by atoms with Crippen molar-refractivity contribution in [3.63, 3.8) is 0 Å². The fourth-order valence-corrected chi connectivity index (χ4v) is 4.45. The summed E-state index contributed by atoms with van der Waals surface area (Å²) in [7, 11) is 0. The predicted molar refractivity (Wildman–Crippen MR) is 120 cm³/mol. The number of hydrogen-bond donors (Lipinski definition) is 0. The van der Waals surface area contributed by atoms with Gasteiger partial charge in [0.1, 0.15) is 0 Å². The zero-order valence-corrected chi connectivity index (χ0v) is 16.7. The molecule has 29 heavy (non-hydrogen) atoms. The highest BCUT2D eigenvalue weighted by Gasteiger charge is 2.19. The van der Waals surface area contributed by atoms with Crippen LogP contribution in [0, 0.1) is 6.92 Å². The van der Waals surface area contributed by atoms with Crippen LogP contribution < -0.4 is 10.1 Å². The van der Waals surface area contributed by atoms with Crippen LogP contribution in [0.3, 0.4) is 0 Å². The van der Waals surface area contributed by atoms with Crippen molar-refractivity contribution in [1.82, 2.24) is 9.38 Å². The summed E-state index contributed by atoms with van der Waals surface area (Å²) in [5, 5.41) is 0. The van der Waals surface area contributed by atoms with Gasteiger partial charge in [-0.25, -0.2) is 9.38 Å². The summed E-state index contributed by atoms with van der Waals surface area (Å²) in [6.45, 7) is 2.05. The fraction of sp³-hybridized carbons (Fsp3) is 0.0400. The van der Waals surface area contributed by atoms with Gasteiger partial charge in [-0.15, -0.1) is 0 Å². The van der Waals surface area contributed by atoms with Crippen molar-refractivity contribution in [3.8, 4) is 22.5 Å². The van der Waals surface area contributed by atoms with E-state index in [1.807, 2.05) is 78.9 Å². The molecule has 4 heteroatoms. The highest BCUT2D eigenvalue weighted by molar-refractivity contribution is 7.15. The molecule has 0 spiro atoms. The smallest absolute Gasteiger partial charge is 0.267 e. The van der Waals surface area contributed by atoms with E-state index in [0.29, 0.717) is 9.49 Å². The number of nitrogens with zero attached hydrogens (tertiary/aromatic N) is 2. The highest BCUT2D eigenvalue weighted by Crippen LogP contribution is 2.32. The van der Waals surface area contributed by atoms with Crippen molar-refractivity contribution < 1.29 is 0 Å². The molecule has 0 saturated carbocycles. The molecule has 0 amide bonds. The Balaban J connectivity index is 1.79. The summed E-state index contributed by atoms with van der Waals surface area (Å²) in [4.78, 5) is 18.9. The minimum atomic E-state index is -0.0286. The first-order valence-corrected chi connectivity index (χ1v) is 10.3. The summed E-state index contributed by atoms with van der Waals surface area (Å²) in [5.41, 5.74) is 5.85. The number of imidazole rings is 1. The summed E-state index contributed by atoms with van der Waals surface area (Å²) in [6, 6.07) is 28.2. The second kappa shape index (κ2) is 7.15. The average Bonchev–Trinajstić information content (AvgIpc) is 3.28. The van der Waals surface area contributed by atoms with Crippen LogP contribution in [0.1, 0.15) is 11.1 Å². The maximum Gasteiger partial charge on any atom is 0.274 e. The van der Waals surface area contributed by atoms with Gasteiger partial charge < -0.3 is 0 Å². The molecule has 5 aromatic rings. The van der Waals surface area contributed by atoms with E-state index < -0.39 is 0 Å². The van der Waals surface area contributed by atoms with Crippen molar-refractivity contribution in [2.24, 2.45) is 0 Å². The lowest BCUT2D eigenvalue weighted by molar-refractivity contribution is 1.15. The second-order valence-electron chi connectivity index (χ2n) is 6.99. The summed E-state index contributed by atoms with van der Waals surface area (Å²) >= 11 is 1.43. The van der Waals surface area contributed by atoms with Crippen LogP contribution >= 0.6 is 11.3 Å². The van der Waals surface area contributed by atoms with Gasteiger partial charge in [0.25, 0.3) is 5.56 Å². The van der Waals surface area contributed by atoms with Crippen molar-refractivity contribution in [2.75, 3.05) is 0 Å². The Bertz CT molecular complexity index is 1400. The molecule has 0 radical (unpaired) electrons. The van der Waals surface area contributed by atoms with Gasteiger partial charge in [0.2, 0.25) is 0 Å². The van der Waals surface area contributed by atoms with Crippen LogP contribution in [0.2, 0.25) is 0 Å². The van der Waals surface area contributed by atoms with Gasteiger partial charge in [0, 0.05) is 11.1 Å². The fourth-order valence-electron chi connectivity index (χ4n) is 3.47.